The molecule has 0 bridgehead atoms. The van der Waals surface area contributed by atoms with Crippen LogP contribution in [0.15, 0.2) is 36.0 Å². The van der Waals surface area contributed by atoms with E-state index < -0.39 is 0 Å². The maximum Gasteiger partial charge on any atom is 0.231 e. The molecule has 0 fully saturated rings. The molecule has 0 aliphatic carbocycles. The standard InChI is InChI=1S/C16H21NO3/c1-3-4-5-10-20-17-13(2)6-7-14-8-9-15-16(11-14)19-12-18-15/h3,8-9,11H,1,4-7,10,12H2,2H3/b17-13+. The van der Waals surface area contributed by atoms with Gasteiger partial charge in [0.25, 0.3) is 0 Å². The van der Waals surface area contributed by atoms with E-state index >= 15 is 0 Å². The van der Waals surface area contributed by atoms with Gasteiger partial charge in [0.15, 0.2) is 11.5 Å². The van der Waals surface area contributed by atoms with Crippen molar-refractivity contribution in [2.75, 3.05) is 13.4 Å². The third kappa shape index (κ3) is 4.30. The second kappa shape index (κ2) is 7.58. The van der Waals surface area contributed by atoms with Gasteiger partial charge in [0.2, 0.25) is 6.79 Å². The van der Waals surface area contributed by atoms with Crippen LogP contribution in [-0.4, -0.2) is 19.1 Å². The molecule has 1 aromatic rings. The van der Waals surface area contributed by atoms with Gasteiger partial charge in [-0.2, -0.15) is 0 Å². The Bertz CT molecular complexity index is 483. The van der Waals surface area contributed by atoms with Crippen molar-refractivity contribution in [3.05, 3.63) is 36.4 Å². The predicted molar refractivity (Wildman–Crippen MR) is 79.4 cm³/mol. The molecule has 0 atom stereocenters. The van der Waals surface area contributed by atoms with Crippen molar-refractivity contribution in [1.82, 2.24) is 0 Å². The molecule has 4 heteroatoms. The Morgan fingerprint density at radius 3 is 3.10 bits per heavy atom. The first-order valence-electron chi connectivity index (χ1n) is 6.94. The van der Waals surface area contributed by atoms with Crippen LogP contribution in [0.2, 0.25) is 0 Å². The fourth-order valence-electron chi connectivity index (χ4n) is 1.92. The molecule has 0 saturated heterocycles. The second-order valence-electron chi connectivity index (χ2n) is 4.78. The Balaban J connectivity index is 1.74. The number of unbranched alkanes of at least 4 members (excludes halogenated alkanes) is 1. The van der Waals surface area contributed by atoms with Crippen LogP contribution in [0.3, 0.4) is 0 Å². The van der Waals surface area contributed by atoms with Crippen molar-refractivity contribution in [1.29, 1.82) is 0 Å². The zero-order valence-electron chi connectivity index (χ0n) is 11.9. The molecule has 0 unspecified atom stereocenters. The van der Waals surface area contributed by atoms with Gasteiger partial charge in [-0.25, -0.2) is 0 Å². The van der Waals surface area contributed by atoms with Gasteiger partial charge in [-0.15, -0.1) is 6.58 Å². The highest BCUT2D eigenvalue weighted by Gasteiger charge is 2.12. The Hall–Kier alpha value is -1.97. The molecule has 108 valence electrons. The first-order chi connectivity index (χ1) is 9.79. The molecule has 0 spiro atoms. The maximum atomic E-state index is 5.36. The number of oxime groups is 1. The third-order valence-electron chi connectivity index (χ3n) is 3.08. The summed E-state index contributed by atoms with van der Waals surface area (Å²) in [6.07, 6.45) is 5.61. The maximum absolute atomic E-state index is 5.36. The lowest BCUT2D eigenvalue weighted by Crippen LogP contribution is -1.98. The normalized spacial score (nSPS) is 13.3. The van der Waals surface area contributed by atoms with Crippen LogP contribution in [0.4, 0.5) is 0 Å². The van der Waals surface area contributed by atoms with Gasteiger partial charge >= 0.3 is 0 Å². The summed E-state index contributed by atoms with van der Waals surface area (Å²) in [5.41, 5.74) is 2.22. The molecular formula is C16H21NO3. The number of benzene rings is 1. The number of allylic oxidation sites excluding steroid dienone is 1. The van der Waals surface area contributed by atoms with Gasteiger partial charge in [-0.3, -0.25) is 0 Å². The number of hydrogen-bond acceptors (Lipinski definition) is 4. The Kier molecular flexibility index (Phi) is 5.47. The van der Waals surface area contributed by atoms with Gasteiger partial charge in [-0.05, 0) is 50.3 Å². The Morgan fingerprint density at radius 1 is 1.40 bits per heavy atom. The molecule has 0 radical (unpaired) electrons. The SMILES string of the molecule is C=CCCCO/N=C(\C)CCc1ccc2c(c1)OCO2. The number of rotatable bonds is 8. The lowest BCUT2D eigenvalue weighted by molar-refractivity contribution is 0.141. The van der Waals surface area contributed by atoms with Crippen molar-refractivity contribution in [2.45, 2.75) is 32.6 Å². The summed E-state index contributed by atoms with van der Waals surface area (Å²) in [5.74, 6) is 1.66. The monoisotopic (exact) mass is 275 g/mol. The Labute approximate surface area is 120 Å². The van der Waals surface area contributed by atoms with E-state index in [2.05, 4.69) is 17.8 Å². The van der Waals surface area contributed by atoms with Crippen LogP contribution in [0, 0.1) is 0 Å². The van der Waals surface area contributed by atoms with Crippen molar-refractivity contribution >= 4 is 5.71 Å². The van der Waals surface area contributed by atoms with Crippen LogP contribution in [0.1, 0.15) is 31.7 Å². The van der Waals surface area contributed by atoms with Gasteiger partial charge in [0.05, 0.1) is 5.71 Å². The smallest absolute Gasteiger partial charge is 0.231 e. The molecule has 0 saturated carbocycles. The van der Waals surface area contributed by atoms with Crippen LogP contribution in [0.5, 0.6) is 11.5 Å². The fraction of sp³-hybridized carbons (Fsp3) is 0.438. The molecule has 20 heavy (non-hydrogen) atoms. The molecule has 0 aromatic heterocycles. The van der Waals surface area contributed by atoms with E-state index in [1.807, 2.05) is 25.1 Å². The van der Waals surface area contributed by atoms with E-state index in [4.69, 9.17) is 14.3 Å². The number of nitrogens with zero attached hydrogens (tertiary/aromatic N) is 1. The molecule has 1 aliphatic heterocycles. The summed E-state index contributed by atoms with van der Waals surface area (Å²) in [5, 5.41) is 4.11. The first-order valence-corrected chi connectivity index (χ1v) is 6.94. The summed E-state index contributed by atoms with van der Waals surface area (Å²) < 4.78 is 10.7. The van der Waals surface area contributed by atoms with E-state index in [0.717, 1.165) is 42.9 Å². The minimum atomic E-state index is 0.317. The summed E-state index contributed by atoms with van der Waals surface area (Å²) in [6.45, 7) is 6.62. The zero-order chi connectivity index (χ0) is 14.2. The first kappa shape index (κ1) is 14.4. The highest BCUT2D eigenvalue weighted by atomic mass is 16.7. The topological polar surface area (TPSA) is 40.0 Å². The van der Waals surface area contributed by atoms with Gasteiger partial charge in [0, 0.05) is 0 Å². The third-order valence-corrected chi connectivity index (χ3v) is 3.08. The summed E-state index contributed by atoms with van der Waals surface area (Å²) in [4.78, 5) is 5.26. The largest absolute Gasteiger partial charge is 0.454 e. The van der Waals surface area contributed by atoms with Gasteiger partial charge in [-0.1, -0.05) is 17.3 Å². The number of ether oxygens (including phenoxy) is 2. The van der Waals surface area contributed by atoms with Crippen molar-refractivity contribution in [2.24, 2.45) is 5.16 Å². The summed E-state index contributed by atoms with van der Waals surface area (Å²) in [6, 6.07) is 6.04. The van der Waals surface area contributed by atoms with E-state index in [9.17, 15) is 0 Å². The molecule has 0 amide bonds. The molecule has 1 heterocycles. The number of fused-ring (bicyclic) bond motifs is 1. The zero-order valence-corrected chi connectivity index (χ0v) is 11.9. The predicted octanol–water partition coefficient (Wildman–Crippen LogP) is 3.71. The highest BCUT2D eigenvalue weighted by Crippen LogP contribution is 2.32. The molecule has 4 nitrogen and oxygen atoms in total. The molecular weight excluding hydrogens is 254 g/mol. The minimum Gasteiger partial charge on any atom is -0.454 e. The summed E-state index contributed by atoms with van der Waals surface area (Å²) >= 11 is 0. The average Bonchev–Trinajstić information content (AvgIpc) is 2.92. The van der Waals surface area contributed by atoms with E-state index in [1.165, 1.54) is 5.56 Å². The lowest BCUT2D eigenvalue weighted by Gasteiger charge is -2.04. The van der Waals surface area contributed by atoms with Crippen LogP contribution >= 0.6 is 0 Å². The highest BCUT2D eigenvalue weighted by molar-refractivity contribution is 5.81. The van der Waals surface area contributed by atoms with Crippen molar-refractivity contribution in [3.63, 3.8) is 0 Å². The molecule has 0 N–H and O–H groups in total. The van der Waals surface area contributed by atoms with Crippen LogP contribution < -0.4 is 9.47 Å². The number of aryl methyl sites for hydroxylation is 1. The fourth-order valence-corrected chi connectivity index (χ4v) is 1.92. The van der Waals surface area contributed by atoms with Crippen molar-refractivity contribution in [3.8, 4) is 11.5 Å². The minimum absolute atomic E-state index is 0.317. The number of hydrogen-bond donors (Lipinski definition) is 0. The van der Waals surface area contributed by atoms with E-state index in [0.29, 0.717) is 13.4 Å². The molecule has 1 aromatic carbocycles. The van der Waals surface area contributed by atoms with E-state index in [-0.39, 0.29) is 0 Å². The average molecular weight is 275 g/mol. The molecule has 2 rings (SSSR count). The lowest BCUT2D eigenvalue weighted by atomic mass is 10.1. The Morgan fingerprint density at radius 2 is 2.25 bits per heavy atom. The van der Waals surface area contributed by atoms with Crippen LogP contribution in [0.25, 0.3) is 0 Å². The summed E-state index contributed by atoms with van der Waals surface area (Å²) in [7, 11) is 0. The quantitative estimate of drug-likeness (QED) is 0.314. The van der Waals surface area contributed by atoms with Gasteiger partial charge in [0.1, 0.15) is 6.61 Å². The van der Waals surface area contributed by atoms with E-state index in [1.54, 1.807) is 0 Å². The molecule has 1 aliphatic rings. The second-order valence-corrected chi connectivity index (χ2v) is 4.78. The van der Waals surface area contributed by atoms with Gasteiger partial charge < -0.3 is 14.3 Å². The van der Waals surface area contributed by atoms with Crippen LogP contribution in [-0.2, 0) is 11.3 Å². The van der Waals surface area contributed by atoms with Crippen molar-refractivity contribution < 1.29 is 14.3 Å².